The van der Waals surface area contributed by atoms with Gasteiger partial charge in [0, 0.05) is 18.4 Å². The van der Waals surface area contributed by atoms with Gasteiger partial charge in [0.15, 0.2) is 5.72 Å². The highest BCUT2D eigenvalue weighted by Gasteiger charge is 2.59. The van der Waals surface area contributed by atoms with Crippen LogP contribution in [0.5, 0.6) is 0 Å². The molecular formula is C21H29NO2. The fraction of sp³-hybridized carbons (Fsp3) is 0.762. The van der Waals surface area contributed by atoms with Crippen molar-refractivity contribution in [1.82, 2.24) is 5.32 Å². The van der Waals surface area contributed by atoms with Gasteiger partial charge in [0.05, 0.1) is 6.61 Å². The maximum absolute atomic E-state index is 12.7. The summed E-state index contributed by atoms with van der Waals surface area (Å²) in [4.78, 5) is 12.7. The lowest BCUT2D eigenvalue weighted by molar-refractivity contribution is -0.145. The fourth-order valence-corrected chi connectivity index (χ4v) is 6.93. The number of ketones is 1. The van der Waals surface area contributed by atoms with E-state index in [4.69, 9.17) is 4.74 Å². The second kappa shape index (κ2) is 4.82. The number of rotatable bonds is 0. The first-order valence-electron chi connectivity index (χ1n) is 9.81. The summed E-state index contributed by atoms with van der Waals surface area (Å²) >= 11 is 0. The Balaban J connectivity index is 1.57. The van der Waals surface area contributed by atoms with Crippen molar-refractivity contribution >= 4 is 5.78 Å². The van der Waals surface area contributed by atoms with Crippen LogP contribution in [0.2, 0.25) is 0 Å². The molecule has 6 atom stereocenters. The van der Waals surface area contributed by atoms with Gasteiger partial charge in [0.25, 0.3) is 0 Å². The molecule has 1 N–H and O–H groups in total. The fourth-order valence-electron chi connectivity index (χ4n) is 6.93. The average molecular weight is 327 g/mol. The second-order valence-electron chi connectivity index (χ2n) is 9.39. The second-order valence-corrected chi connectivity index (χ2v) is 9.39. The molecule has 1 saturated heterocycles. The molecule has 24 heavy (non-hydrogen) atoms. The number of carbonyl (C=O) groups is 1. The predicted molar refractivity (Wildman–Crippen MR) is 93.3 cm³/mol. The SMILES string of the molecule is C[C@@]12CCCC1C1C=CC3=CC(=O)C4(C[C@]3(C)C1CC2)NCCO4. The van der Waals surface area contributed by atoms with Gasteiger partial charge in [-0.15, -0.1) is 0 Å². The van der Waals surface area contributed by atoms with E-state index in [1.807, 2.05) is 6.08 Å². The molecule has 0 aromatic heterocycles. The number of hydrogen-bond donors (Lipinski definition) is 1. The molecular weight excluding hydrogens is 298 g/mol. The Labute approximate surface area is 144 Å². The molecule has 0 aromatic carbocycles. The summed E-state index contributed by atoms with van der Waals surface area (Å²) in [6.07, 6.45) is 14.3. The minimum atomic E-state index is -0.746. The minimum absolute atomic E-state index is 0.0641. The smallest absolute Gasteiger partial charge is 0.202 e. The summed E-state index contributed by atoms with van der Waals surface area (Å²) in [7, 11) is 0. The van der Waals surface area contributed by atoms with Gasteiger partial charge in [-0.3, -0.25) is 10.1 Å². The highest BCUT2D eigenvalue weighted by Crippen LogP contribution is 2.64. The number of carbonyl (C=O) groups excluding carboxylic acids is 1. The number of allylic oxidation sites excluding steroid dienone is 3. The Kier molecular flexibility index (Phi) is 3.08. The lowest BCUT2D eigenvalue weighted by atomic mass is 9.49. The highest BCUT2D eigenvalue weighted by atomic mass is 16.5. The van der Waals surface area contributed by atoms with E-state index >= 15 is 0 Å². The number of hydrogen-bond acceptors (Lipinski definition) is 3. The van der Waals surface area contributed by atoms with Crippen LogP contribution in [-0.4, -0.2) is 24.7 Å². The predicted octanol–water partition coefficient (Wildman–Crippen LogP) is 3.61. The Hall–Kier alpha value is -0.930. The maximum Gasteiger partial charge on any atom is 0.202 e. The molecule has 1 spiro atoms. The van der Waals surface area contributed by atoms with Crippen molar-refractivity contribution in [3.8, 4) is 0 Å². The first-order chi connectivity index (χ1) is 11.5. The van der Waals surface area contributed by atoms with Crippen LogP contribution in [0.4, 0.5) is 0 Å². The molecule has 4 unspecified atom stereocenters. The van der Waals surface area contributed by atoms with Crippen LogP contribution in [0.3, 0.4) is 0 Å². The Morgan fingerprint density at radius 3 is 2.88 bits per heavy atom. The molecule has 2 saturated carbocycles. The molecule has 1 heterocycles. The zero-order chi connectivity index (χ0) is 16.6. The third-order valence-corrected chi connectivity index (χ3v) is 8.25. The van der Waals surface area contributed by atoms with Crippen LogP contribution in [-0.2, 0) is 9.53 Å². The van der Waals surface area contributed by atoms with E-state index in [1.165, 1.54) is 37.7 Å². The Morgan fingerprint density at radius 1 is 1.21 bits per heavy atom. The third-order valence-electron chi connectivity index (χ3n) is 8.25. The van der Waals surface area contributed by atoms with Crippen LogP contribution in [0.1, 0.15) is 52.4 Å². The lowest BCUT2D eigenvalue weighted by Gasteiger charge is -2.56. The summed E-state index contributed by atoms with van der Waals surface area (Å²) in [5.74, 6) is 2.29. The normalized spacial score (nSPS) is 52.8. The summed E-state index contributed by atoms with van der Waals surface area (Å²) in [6, 6.07) is 0. The Morgan fingerprint density at radius 2 is 2.08 bits per heavy atom. The van der Waals surface area contributed by atoms with E-state index in [0.717, 1.165) is 18.9 Å². The van der Waals surface area contributed by atoms with Crippen molar-refractivity contribution < 1.29 is 9.53 Å². The van der Waals surface area contributed by atoms with E-state index in [9.17, 15) is 4.79 Å². The van der Waals surface area contributed by atoms with Gasteiger partial charge in [-0.05, 0) is 60.5 Å². The van der Waals surface area contributed by atoms with Gasteiger partial charge in [0.2, 0.25) is 5.78 Å². The highest BCUT2D eigenvalue weighted by molar-refractivity contribution is 5.99. The van der Waals surface area contributed by atoms with E-state index in [2.05, 4.69) is 31.3 Å². The lowest BCUT2D eigenvalue weighted by Crippen LogP contribution is -2.58. The molecule has 0 aromatic rings. The largest absolute Gasteiger partial charge is 0.351 e. The summed E-state index contributed by atoms with van der Waals surface area (Å²) < 4.78 is 5.96. The monoisotopic (exact) mass is 327 g/mol. The minimum Gasteiger partial charge on any atom is -0.351 e. The maximum atomic E-state index is 12.7. The van der Waals surface area contributed by atoms with E-state index in [1.54, 1.807) is 0 Å². The molecule has 4 aliphatic carbocycles. The van der Waals surface area contributed by atoms with Crippen molar-refractivity contribution in [3.63, 3.8) is 0 Å². The first-order valence-corrected chi connectivity index (χ1v) is 9.81. The number of nitrogens with one attached hydrogen (secondary N) is 1. The van der Waals surface area contributed by atoms with Gasteiger partial charge in [0.1, 0.15) is 0 Å². The molecule has 1 aliphatic heterocycles. The quantitative estimate of drug-likeness (QED) is 0.738. The molecule has 3 fully saturated rings. The van der Waals surface area contributed by atoms with E-state index in [-0.39, 0.29) is 11.2 Å². The average Bonchev–Trinajstić information content (AvgIpc) is 3.16. The van der Waals surface area contributed by atoms with Crippen molar-refractivity contribution in [1.29, 1.82) is 0 Å². The molecule has 5 aliphatic rings. The zero-order valence-electron chi connectivity index (χ0n) is 14.9. The molecule has 0 amide bonds. The van der Waals surface area contributed by atoms with Crippen molar-refractivity contribution in [3.05, 3.63) is 23.8 Å². The zero-order valence-corrected chi connectivity index (χ0v) is 14.9. The number of ether oxygens (including phenoxy) is 1. The Bertz CT molecular complexity index is 644. The van der Waals surface area contributed by atoms with E-state index in [0.29, 0.717) is 23.9 Å². The van der Waals surface area contributed by atoms with Gasteiger partial charge in [-0.1, -0.05) is 32.4 Å². The van der Waals surface area contributed by atoms with Crippen molar-refractivity contribution in [2.45, 2.75) is 58.1 Å². The van der Waals surface area contributed by atoms with Gasteiger partial charge >= 0.3 is 0 Å². The van der Waals surface area contributed by atoms with Gasteiger partial charge < -0.3 is 4.74 Å². The summed E-state index contributed by atoms with van der Waals surface area (Å²) in [5, 5.41) is 3.39. The van der Waals surface area contributed by atoms with Gasteiger partial charge in [-0.25, -0.2) is 0 Å². The molecule has 0 radical (unpaired) electrons. The number of fused-ring (bicyclic) bond motifs is 5. The molecule has 0 bridgehead atoms. The topological polar surface area (TPSA) is 38.3 Å². The van der Waals surface area contributed by atoms with Gasteiger partial charge in [-0.2, -0.15) is 0 Å². The van der Waals surface area contributed by atoms with Crippen LogP contribution < -0.4 is 5.32 Å². The summed E-state index contributed by atoms with van der Waals surface area (Å²) in [5.41, 5.74) is 1.12. The van der Waals surface area contributed by atoms with Crippen LogP contribution in [0.15, 0.2) is 23.8 Å². The standard InChI is InChI=1S/C21H29NO2/c1-19-8-3-4-16(19)15-6-5-14-12-18(23)21(22-10-11-24-21)13-20(14,2)17(15)7-9-19/h5-6,12,15-17,22H,3-4,7-11,13H2,1-2H3/t15?,16?,17?,19-,20-,21?/m0/s1. The van der Waals surface area contributed by atoms with Crippen LogP contribution >= 0.6 is 0 Å². The molecule has 5 rings (SSSR count). The van der Waals surface area contributed by atoms with Crippen molar-refractivity contribution in [2.24, 2.45) is 28.6 Å². The van der Waals surface area contributed by atoms with Crippen LogP contribution in [0, 0.1) is 28.6 Å². The molecule has 3 heteroatoms. The van der Waals surface area contributed by atoms with Crippen molar-refractivity contribution in [2.75, 3.05) is 13.2 Å². The third kappa shape index (κ3) is 1.83. The summed E-state index contributed by atoms with van der Waals surface area (Å²) in [6.45, 7) is 6.36. The van der Waals surface area contributed by atoms with Crippen LogP contribution in [0.25, 0.3) is 0 Å². The molecule has 3 nitrogen and oxygen atoms in total. The first kappa shape index (κ1) is 15.3. The van der Waals surface area contributed by atoms with E-state index < -0.39 is 5.72 Å². The molecule has 130 valence electrons.